The number of fused-ring (bicyclic) bond motifs is 1. The van der Waals surface area contributed by atoms with Gasteiger partial charge in [-0.1, -0.05) is 31.4 Å². The smallest absolute Gasteiger partial charge is 0.0898 e. The molecule has 0 aromatic carbocycles. The maximum Gasteiger partial charge on any atom is 0.0898 e. The maximum absolute atomic E-state index is 11.1. The molecule has 0 heterocycles. The minimum atomic E-state index is -0.591. The Hall–Kier alpha value is -1.40. The summed E-state index contributed by atoms with van der Waals surface area (Å²) in [7, 11) is 0. The van der Waals surface area contributed by atoms with Crippen molar-refractivity contribution in [3.63, 3.8) is 0 Å². The summed E-state index contributed by atoms with van der Waals surface area (Å²) in [5.41, 5.74) is 0.323. The van der Waals surface area contributed by atoms with E-state index in [9.17, 15) is 5.11 Å². The average Bonchev–Trinajstić information content (AvgIpc) is 2.73. The van der Waals surface area contributed by atoms with E-state index >= 15 is 0 Å². The third-order valence-corrected chi connectivity index (χ3v) is 5.34. The van der Waals surface area contributed by atoms with E-state index in [4.69, 9.17) is 10.3 Å². The van der Waals surface area contributed by atoms with Gasteiger partial charge < -0.3 is 5.11 Å². The molecule has 4 unspecified atom stereocenters. The molecule has 112 valence electrons. The Balaban J connectivity index is 1.82. The van der Waals surface area contributed by atoms with E-state index in [0.29, 0.717) is 5.92 Å². The van der Waals surface area contributed by atoms with Gasteiger partial charge in [-0.15, -0.1) is 0 Å². The summed E-state index contributed by atoms with van der Waals surface area (Å²) < 4.78 is 0. The molecule has 2 fully saturated rings. The van der Waals surface area contributed by atoms with E-state index in [1.54, 1.807) is 0 Å². The minimum Gasteiger partial charge on any atom is -0.387 e. The summed E-state index contributed by atoms with van der Waals surface area (Å²) in [4.78, 5) is 4.86. The molecule has 4 atom stereocenters. The van der Waals surface area contributed by atoms with Gasteiger partial charge in [-0.05, 0) is 50.2 Å². The quantitative estimate of drug-likeness (QED) is 0.800. The van der Waals surface area contributed by atoms with E-state index in [-0.39, 0.29) is 12.0 Å². The lowest BCUT2D eigenvalue weighted by atomic mass is 9.65. The van der Waals surface area contributed by atoms with Crippen molar-refractivity contribution >= 4 is 5.71 Å². The van der Waals surface area contributed by atoms with Gasteiger partial charge in [0.1, 0.15) is 0 Å². The fourth-order valence-corrected chi connectivity index (χ4v) is 4.12. The van der Waals surface area contributed by atoms with Crippen LogP contribution in [-0.2, 0) is 0 Å². The zero-order valence-corrected chi connectivity index (χ0v) is 12.5. The van der Waals surface area contributed by atoms with Crippen LogP contribution in [0, 0.1) is 23.2 Å². The Kier molecular flexibility index (Phi) is 4.26. The first kappa shape index (κ1) is 14.5. The molecule has 2 saturated carbocycles. The Morgan fingerprint density at radius 3 is 2.90 bits per heavy atom. The normalized spacial score (nSPS) is 41.3. The van der Waals surface area contributed by atoms with Crippen molar-refractivity contribution in [2.75, 3.05) is 0 Å². The minimum absolute atomic E-state index is 0.0273. The first-order chi connectivity index (χ1) is 10.2. The van der Waals surface area contributed by atoms with Crippen LogP contribution in [0.2, 0.25) is 0 Å². The highest BCUT2D eigenvalue weighted by atomic mass is 16.3. The fraction of sp³-hybridized carbons (Fsp3) is 0.667. The number of hydrogen-bond donors (Lipinski definition) is 1. The van der Waals surface area contributed by atoms with Gasteiger partial charge in [0.2, 0.25) is 0 Å². The van der Waals surface area contributed by atoms with Crippen LogP contribution in [0.25, 0.3) is 0 Å². The number of nitriles is 1. The fourth-order valence-electron chi connectivity index (χ4n) is 4.12. The molecular weight excluding hydrogens is 260 g/mol. The SMILES string of the molecule is N#CC1C=CC(=NC2CCCC3CCCCC32O)C=CC1. The molecule has 3 nitrogen and oxygen atoms in total. The monoisotopic (exact) mass is 284 g/mol. The number of nitrogens with zero attached hydrogens (tertiary/aromatic N) is 2. The Labute approximate surface area is 127 Å². The van der Waals surface area contributed by atoms with Crippen molar-refractivity contribution in [2.45, 2.75) is 63.0 Å². The highest BCUT2D eigenvalue weighted by Gasteiger charge is 2.47. The molecule has 0 radical (unpaired) electrons. The lowest BCUT2D eigenvalue weighted by molar-refractivity contribution is -0.0881. The second kappa shape index (κ2) is 6.15. The highest BCUT2D eigenvalue weighted by molar-refractivity contribution is 6.04. The second-order valence-corrected chi connectivity index (χ2v) is 6.67. The van der Waals surface area contributed by atoms with Gasteiger partial charge in [0.15, 0.2) is 0 Å². The molecule has 3 rings (SSSR count). The summed E-state index contributed by atoms with van der Waals surface area (Å²) in [6, 6.07) is 2.31. The van der Waals surface area contributed by atoms with Crippen molar-refractivity contribution in [3.8, 4) is 6.07 Å². The second-order valence-electron chi connectivity index (χ2n) is 6.67. The predicted molar refractivity (Wildman–Crippen MR) is 84.0 cm³/mol. The molecular formula is C18H24N2O. The molecule has 0 aromatic rings. The summed E-state index contributed by atoms with van der Waals surface area (Å²) in [6.07, 6.45) is 16.4. The van der Waals surface area contributed by atoms with Crippen LogP contribution in [0.3, 0.4) is 0 Å². The number of aliphatic imine (C=N–C) groups is 1. The van der Waals surface area contributed by atoms with Crippen LogP contribution < -0.4 is 0 Å². The molecule has 3 aliphatic carbocycles. The van der Waals surface area contributed by atoms with Gasteiger partial charge >= 0.3 is 0 Å². The van der Waals surface area contributed by atoms with Crippen molar-refractivity contribution in [1.82, 2.24) is 0 Å². The van der Waals surface area contributed by atoms with Gasteiger partial charge in [-0.25, -0.2) is 0 Å². The van der Waals surface area contributed by atoms with Gasteiger partial charge in [0.05, 0.1) is 29.3 Å². The Morgan fingerprint density at radius 1 is 1.19 bits per heavy atom. The van der Waals surface area contributed by atoms with E-state index in [1.807, 2.05) is 24.3 Å². The Bertz CT molecular complexity index is 512. The van der Waals surface area contributed by atoms with Gasteiger partial charge in [-0.3, -0.25) is 4.99 Å². The van der Waals surface area contributed by atoms with Crippen molar-refractivity contribution in [1.29, 1.82) is 5.26 Å². The molecule has 1 N–H and O–H groups in total. The number of hydrogen-bond acceptors (Lipinski definition) is 3. The third kappa shape index (κ3) is 2.96. The van der Waals surface area contributed by atoms with E-state index in [2.05, 4.69) is 6.07 Å². The van der Waals surface area contributed by atoms with E-state index in [0.717, 1.165) is 44.2 Å². The molecule has 0 spiro atoms. The van der Waals surface area contributed by atoms with E-state index in [1.165, 1.54) is 12.8 Å². The summed E-state index contributed by atoms with van der Waals surface area (Å²) in [6.45, 7) is 0. The maximum atomic E-state index is 11.1. The van der Waals surface area contributed by atoms with Crippen molar-refractivity contribution in [2.24, 2.45) is 16.8 Å². The average molecular weight is 284 g/mol. The van der Waals surface area contributed by atoms with Crippen LogP contribution in [0.4, 0.5) is 0 Å². The zero-order chi connectivity index (χ0) is 14.7. The summed E-state index contributed by atoms with van der Waals surface area (Å²) in [5, 5.41) is 20.1. The van der Waals surface area contributed by atoms with E-state index < -0.39 is 5.60 Å². The topological polar surface area (TPSA) is 56.4 Å². The molecule has 0 aliphatic heterocycles. The van der Waals surface area contributed by atoms with Crippen LogP contribution in [-0.4, -0.2) is 22.5 Å². The standard InChI is InChI=1S/C18H24N2O/c19-13-14-5-3-8-16(11-10-14)20-17-9-4-7-15-6-1-2-12-18(15,17)21/h3,8,10-11,14-15,17,21H,1-2,4-7,9,12H2. The first-order valence-corrected chi connectivity index (χ1v) is 8.27. The van der Waals surface area contributed by atoms with Crippen LogP contribution >= 0.6 is 0 Å². The lowest BCUT2D eigenvalue weighted by Crippen LogP contribution is -2.52. The molecule has 0 bridgehead atoms. The van der Waals surface area contributed by atoms with Gasteiger partial charge in [0.25, 0.3) is 0 Å². The van der Waals surface area contributed by atoms with Crippen molar-refractivity contribution in [3.05, 3.63) is 24.3 Å². The first-order valence-electron chi connectivity index (χ1n) is 8.27. The number of allylic oxidation sites excluding steroid dienone is 4. The zero-order valence-electron chi connectivity index (χ0n) is 12.5. The van der Waals surface area contributed by atoms with Crippen LogP contribution in [0.1, 0.15) is 51.4 Å². The van der Waals surface area contributed by atoms with Crippen molar-refractivity contribution < 1.29 is 5.11 Å². The number of aliphatic hydroxyl groups is 1. The summed E-state index contributed by atoms with van der Waals surface area (Å²) >= 11 is 0. The van der Waals surface area contributed by atoms with Gasteiger partial charge in [0, 0.05) is 0 Å². The number of rotatable bonds is 1. The third-order valence-electron chi connectivity index (χ3n) is 5.34. The molecule has 0 saturated heterocycles. The molecule has 3 heteroatoms. The van der Waals surface area contributed by atoms with Gasteiger partial charge in [-0.2, -0.15) is 5.26 Å². The van der Waals surface area contributed by atoms with Crippen LogP contribution in [0.5, 0.6) is 0 Å². The molecule has 0 amide bonds. The Morgan fingerprint density at radius 2 is 2.05 bits per heavy atom. The molecule has 0 aromatic heterocycles. The molecule has 21 heavy (non-hydrogen) atoms. The lowest BCUT2D eigenvalue weighted by Gasteiger charge is -2.47. The predicted octanol–water partition coefficient (Wildman–Crippen LogP) is 3.56. The highest BCUT2D eigenvalue weighted by Crippen LogP contribution is 2.45. The summed E-state index contributed by atoms with van der Waals surface area (Å²) in [5.74, 6) is 0.380. The largest absolute Gasteiger partial charge is 0.387 e. The molecule has 3 aliphatic rings. The van der Waals surface area contributed by atoms with Crippen LogP contribution in [0.15, 0.2) is 29.3 Å².